The van der Waals surface area contributed by atoms with Gasteiger partial charge in [0.25, 0.3) is 0 Å². The SMILES string of the molecule is CC1CCC(N(C)S(=O)(=O)c2cc(N)ccc2Cl)CC1. The van der Waals surface area contributed by atoms with Crippen molar-refractivity contribution in [1.29, 1.82) is 0 Å². The molecule has 0 heterocycles. The maximum atomic E-state index is 12.7. The summed E-state index contributed by atoms with van der Waals surface area (Å²) in [5, 5.41) is 0.218. The molecule has 1 fully saturated rings. The van der Waals surface area contributed by atoms with E-state index in [1.807, 2.05) is 0 Å². The highest BCUT2D eigenvalue weighted by molar-refractivity contribution is 7.89. The lowest BCUT2D eigenvalue weighted by molar-refractivity contribution is 0.246. The van der Waals surface area contributed by atoms with E-state index in [1.54, 1.807) is 13.1 Å². The second kappa shape index (κ2) is 5.92. The van der Waals surface area contributed by atoms with Crippen molar-refractivity contribution in [2.75, 3.05) is 12.8 Å². The van der Waals surface area contributed by atoms with Gasteiger partial charge in [-0.2, -0.15) is 4.31 Å². The van der Waals surface area contributed by atoms with Crippen LogP contribution < -0.4 is 5.73 Å². The smallest absolute Gasteiger partial charge is 0.244 e. The molecule has 1 saturated carbocycles. The van der Waals surface area contributed by atoms with Crippen molar-refractivity contribution in [3.05, 3.63) is 23.2 Å². The van der Waals surface area contributed by atoms with Crippen LogP contribution in [0.25, 0.3) is 0 Å². The Bertz CT molecular complexity index is 581. The van der Waals surface area contributed by atoms with Crippen LogP contribution in [0.4, 0.5) is 5.69 Å². The summed E-state index contributed by atoms with van der Waals surface area (Å²) in [6, 6.07) is 4.61. The second-order valence-corrected chi connectivity index (χ2v) is 8.00. The predicted octanol–water partition coefficient (Wildman–Crippen LogP) is 3.12. The van der Waals surface area contributed by atoms with Crippen molar-refractivity contribution >= 4 is 27.3 Å². The van der Waals surface area contributed by atoms with Crippen molar-refractivity contribution in [1.82, 2.24) is 4.31 Å². The molecule has 0 unspecified atom stereocenters. The Morgan fingerprint density at radius 1 is 1.25 bits per heavy atom. The van der Waals surface area contributed by atoms with E-state index in [9.17, 15) is 8.42 Å². The van der Waals surface area contributed by atoms with Crippen molar-refractivity contribution in [2.24, 2.45) is 5.92 Å². The van der Waals surface area contributed by atoms with Gasteiger partial charge >= 0.3 is 0 Å². The van der Waals surface area contributed by atoms with Crippen LogP contribution in [0.1, 0.15) is 32.6 Å². The zero-order valence-corrected chi connectivity index (χ0v) is 13.4. The maximum Gasteiger partial charge on any atom is 0.244 e. The Hall–Kier alpha value is -0.780. The van der Waals surface area contributed by atoms with E-state index in [0.29, 0.717) is 11.6 Å². The molecule has 1 aliphatic rings. The first-order valence-corrected chi connectivity index (χ1v) is 8.67. The summed E-state index contributed by atoms with van der Waals surface area (Å²) in [4.78, 5) is 0.0975. The molecule has 0 saturated heterocycles. The van der Waals surface area contributed by atoms with Crippen LogP contribution in [0.15, 0.2) is 23.1 Å². The lowest BCUT2D eigenvalue weighted by atomic mass is 9.87. The van der Waals surface area contributed by atoms with E-state index in [4.69, 9.17) is 17.3 Å². The second-order valence-electron chi connectivity index (χ2n) is 5.62. The van der Waals surface area contributed by atoms with Gasteiger partial charge in [-0.3, -0.25) is 0 Å². The van der Waals surface area contributed by atoms with Crippen LogP contribution in [0.2, 0.25) is 5.02 Å². The molecule has 0 aliphatic heterocycles. The van der Waals surface area contributed by atoms with Crippen LogP contribution >= 0.6 is 11.6 Å². The number of benzene rings is 1. The number of nitrogen functional groups attached to an aromatic ring is 1. The van der Waals surface area contributed by atoms with Gasteiger partial charge in [0.15, 0.2) is 0 Å². The average molecular weight is 317 g/mol. The molecule has 1 aromatic rings. The third-order valence-electron chi connectivity index (χ3n) is 4.11. The molecule has 0 amide bonds. The Kier molecular flexibility index (Phi) is 4.62. The van der Waals surface area contributed by atoms with Crippen LogP contribution in [-0.2, 0) is 10.0 Å². The summed E-state index contributed by atoms with van der Waals surface area (Å²) < 4.78 is 26.8. The molecule has 6 heteroatoms. The highest BCUT2D eigenvalue weighted by Crippen LogP contribution is 2.32. The van der Waals surface area contributed by atoms with E-state index >= 15 is 0 Å². The Morgan fingerprint density at radius 2 is 1.85 bits per heavy atom. The van der Waals surface area contributed by atoms with Crippen LogP contribution in [0.5, 0.6) is 0 Å². The summed E-state index contributed by atoms with van der Waals surface area (Å²) in [5.74, 6) is 0.679. The first-order chi connectivity index (χ1) is 9.32. The van der Waals surface area contributed by atoms with Crippen LogP contribution in [0.3, 0.4) is 0 Å². The van der Waals surface area contributed by atoms with Crippen molar-refractivity contribution in [2.45, 2.75) is 43.5 Å². The molecule has 0 aromatic heterocycles. The Balaban J connectivity index is 2.27. The average Bonchev–Trinajstić information content (AvgIpc) is 2.41. The summed E-state index contributed by atoms with van der Waals surface area (Å²) in [6.07, 6.45) is 3.93. The van der Waals surface area contributed by atoms with Gasteiger partial charge in [-0.1, -0.05) is 18.5 Å². The molecular formula is C14H21ClN2O2S. The number of nitrogens with zero attached hydrogens (tertiary/aromatic N) is 1. The predicted molar refractivity (Wildman–Crippen MR) is 82.2 cm³/mol. The number of halogens is 1. The highest BCUT2D eigenvalue weighted by atomic mass is 35.5. The quantitative estimate of drug-likeness (QED) is 0.871. The minimum absolute atomic E-state index is 0.0497. The number of anilines is 1. The zero-order valence-electron chi connectivity index (χ0n) is 11.8. The largest absolute Gasteiger partial charge is 0.399 e. The van der Waals surface area contributed by atoms with E-state index in [1.165, 1.54) is 16.4 Å². The fourth-order valence-corrected chi connectivity index (χ4v) is 4.60. The summed E-state index contributed by atoms with van der Waals surface area (Å²) in [7, 11) is -1.95. The number of hydrogen-bond acceptors (Lipinski definition) is 3. The monoisotopic (exact) mass is 316 g/mol. The van der Waals surface area contributed by atoms with E-state index in [2.05, 4.69) is 6.92 Å². The van der Waals surface area contributed by atoms with E-state index < -0.39 is 10.0 Å². The highest BCUT2D eigenvalue weighted by Gasteiger charge is 2.31. The molecule has 0 bridgehead atoms. The van der Waals surface area contributed by atoms with Gasteiger partial charge in [0.05, 0.1) is 5.02 Å². The van der Waals surface area contributed by atoms with Crippen LogP contribution in [0, 0.1) is 5.92 Å². The maximum absolute atomic E-state index is 12.7. The van der Waals surface area contributed by atoms with Crippen molar-refractivity contribution < 1.29 is 8.42 Å². The Morgan fingerprint density at radius 3 is 2.45 bits per heavy atom. The molecule has 2 rings (SSSR count). The standard InChI is InChI=1S/C14H21ClN2O2S/c1-10-3-6-12(7-4-10)17(2)20(18,19)14-9-11(16)5-8-13(14)15/h5,8-10,12H,3-4,6-7,16H2,1-2H3. The van der Waals surface area contributed by atoms with Gasteiger partial charge in [0, 0.05) is 18.8 Å². The molecular weight excluding hydrogens is 296 g/mol. The summed E-state index contributed by atoms with van der Waals surface area (Å²) in [5.41, 5.74) is 6.08. The van der Waals surface area contributed by atoms with Gasteiger partial charge in [-0.25, -0.2) is 8.42 Å². The molecule has 0 radical (unpaired) electrons. The fraction of sp³-hybridized carbons (Fsp3) is 0.571. The first-order valence-electron chi connectivity index (χ1n) is 6.85. The summed E-state index contributed by atoms with van der Waals surface area (Å²) >= 11 is 6.03. The number of hydrogen-bond donors (Lipinski definition) is 1. The zero-order chi connectivity index (χ0) is 14.9. The van der Waals surface area contributed by atoms with Gasteiger partial charge in [-0.05, 0) is 49.8 Å². The van der Waals surface area contributed by atoms with E-state index in [-0.39, 0.29) is 16.0 Å². The normalized spacial score (nSPS) is 24.0. The topological polar surface area (TPSA) is 63.4 Å². The molecule has 112 valence electrons. The van der Waals surface area contributed by atoms with Crippen LogP contribution in [-0.4, -0.2) is 25.8 Å². The number of rotatable bonds is 3. The summed E-state index contributed by atoms with van der Waals surface area (Å²) in [6.45, 7) is 2.21. The number of sulfonamides is 1. The van der Waals surface area contributed by atoms with Crippen molar-refractivity contribution in [3.63, 3.8) is 0 Å². The van der Waals surface area contributed by atoms with Crippen molar-refractivity contribution in [3.8, 4) is 0 Å². The molecule has 2 N–H and O–H groups in total. The molecule has 0 atom stereocenters. The number of nitrogens with two attached hydrogens (primary N) is 1. The van der Waals surface area contributed by atoms with Gasteiger partial charge < -0.3 is 5.73 Å². The van der Waals surface area contributed by atoms with Gasteiger partial charge in [0.1, 0.15) is 4.90 Å². The Labute approximate surface area is 126 Å². The first kappa shape index (κ1) is 15.6. The molecule has 20 heavy (non-hydrogen) atoms. The molecule has 1 aromatic carbocycles. The molecule has 4 nitrogen and oxygen atoms in total. The lowest BCUT2D eigenvalue weighted by Crippen LogP contribution is -2.39. The third kappa shape index (κ3) is 3.10. The minimum atomic E-state index is -3.59. The molecule has 0 spiro atoms. The molecule has 1 aliphatic carbocycles. The van der Waals surface area contributed by atoms with Gasteiger partial charge in [-0.15, -0.1) is 0 Å². The fourth-order valence-electron chi connectivity index (χ4n) is 2.68. The van der Waals surface area contributed by atoms with Gasteiger partial charge in [0.2, 0.25) is 10.0 Å². The minimum Gasteiger partial charge on any atom is -0.399 e. The van der Waals surface area contributed by atoms with E-state index in [0.717, 1.165) is 25.7 Å². The third-order valence-corrected chi connectivity index (χ3v) is 6.50. The lowest BCUT2D eigenvalue weighted by Gasteiger charge is -2.33.